The first-order chi connectivity index (χ1) is 40.5. The van der Waals surface area contributed by atoms with Crippen molar-refractivity contribution in [3.8, 4) is 0 Å². The van der Waals surface area contributed by atoms with Gasteiger partial charge in [-0.15, -0.1) is 0 Å². The van der Waals surface area contributed by atoms with Crippen LogP contribution in [0.3, 0.4) is 0 Å². The molecule has 0 saturated carbocycles. The number of ether oxygens (including phenoxy) is 3. The molecule has 0 aromatic carbocycles. The standard InChI is InChI=1S/C76H148O6/c1-4-7-10-13-16-19-22-25-28-31-32-33-34-35-36-37-38-39-40-41-42-43-44-45-46-49-51-54-57-60-63-66-69-75(78)81-72-73(82-76(79)70-67-64-61-58-55-52-48-30-27-24-21-18-15-12-9-6-3)71-80-74(77)68-65-62-59-56-53-50-47-29-26-23-20-17-14-11-8-5-2/h73H,4-72H2,1-3H3. The van der Waals surface area contributed by atoms with Crippen LogP contribution in [0, 0.1) is 0 Å². The fraction of sp³-hybridized carbons (Fsp3) is 0.961. The molecule has 0 radical (unpaired) electrons. The fourth-order valence-corrected chi connectivity index (χ4v) is 12.2. The summed E-state index contributed by atoms with van der Waals surface area (Å²) in [6, 6.07) is 0. The molecule has 0 fully saturated rings. The minimum absolute atomic E-state index is 0.0600. The van der Waals surface area contributed by atoms with Gasteiger partial charge in [-0.1, -0.05) is 412 Å². The molecule has 0 amide bonds. The molecule has 0 N–H and O–H groups in total. The summed E-state index contributed by atoms with van der Waals surface area (Å²) in [5.74, 6) is -0.817. The highest BCUT2D eigenvalue weighted by atomic mass is 16.6. The number of hydrogen-bond donors (Lipinski definition) is 0. The highest BCUT2D eigenvalue weighted by Gasteiger charge is 2.20. The van der Waals surface area contributed by atoms with Crippen LogP contribution in [0.15, 0.2) is 0 Å². The first-order valence-electron chi connectivity index (χ1n) is 38.0. The first-order valence-corrected chi connectivity index (χ1v) is 38.0. The van der Waals surface area contributed by atoms with Crippen LogP contribution < -0.4 is 0 Å². The van der Waals surface area contributed by atoms with Crippen molar-refractivity contribution in [2.24, 2.45) is 0 Å². The van der Waals surface area contributed by atoms with Crippen molar-refractivity contribution >= 4 is 17.9 Å². The molecule has 0 saturated heterocycles. The maximum absolute atomic E-state index is 12.9. The predicted molar refractivity (Wildman–Crippen MR) is 358 cm³/mol. The second-order valence-electron chi connectivity index (χ2n) is 26.3. The predicted octanol–water partition coefficient (Wildman–Crippen LogP) is 26.2. The Morgan fingerprint density at radius 2 is 0.329 bits per heavy atom. The van der Waals surface area contributed by atoms with E-state index >= 15 is 0 Å². The Hall–Kier alpha value is -1.59. The Labute approximate surface area is 514 Å². The van der Waals surface area contributed by atoms with E-state index in [1.54, 1.807) is 0 Å². The maximum Gasteiger partial charge on any atom is 0.306 e. The lowest BCUT2D eigenvalue weighted by molar-refractivity contribution is -0.167. The minimum Gasteiger partial charge on any atom is -0.462 e. The molecule has 82 heavy (non-hydrogen) atoms. The number of hydrogen-bond acceptors (Lipinski definition) is 6. The molecule has 0 rings (SSSR count). The summed E-state index contributed by atoms with van der Waals surface area (Å²) in [4.78, 5) is 38.5. The Bertz CT molecular complexity index is 1240. The summed E-state index contributed by atoms with van der Waals surface area (Å²) in [6.45, 7) is 6.75. The molecular weight excluding hydrogens is 1010 g/mol. The summed E-state index contributed by atoms with van der Waals surface area (Å²) in [6.07, 6.45) is 85.9. The van der Waals surface area contributed by atoms with Gasteiger partial charge in [0, 0.05) is 19.3 Å². The normalized spacial score (nSPS) is 11.9. The van der Waals surface area contributed by atoms with Crippen LogP contribution >= 0.6 is 0 Å². The van der Waals surface area contributed by atoms with Crippen LogP contribution in [0.5, 0.6) is 0 Å². The number of unbranched alkanes of at least 4 members (excludes halogenated alkanes) is 61. The van der Waals surface area contributed by atoms with Crippen molar-refractivity contribution in [2.75, 3.05) is 13.2 Å². The molecule has 0 spiro atoms. The molecule has 6 nitrogen and oxygen atoms in total. The van der Waals surface area contributed by atoms with Crippen LogP contribution in [0.25, 0.3) is 0 Å². The third-order valence-corrected chi connectivity index (χ3v) is 17.9. The molecule has 0 aromatic rings. The molecule has 0 aliphatic heterocycles. The van der Waals surface area contributed by atoms with E-state index in [1.165, 1.54) is 353 Å². The second-order valence-corrected chi connectivity index (χ2v) is 26.3. The third kappa shape index (κ3) is 69.2. The Morgan fingerprint density at radius 3 is 0.488 bits per heavy atom. The van der Waals surface area contributed by atoms with Gasteiger partial charge < -0.3 is 14.2 Å². The topological polar surface area (TPSA) is 78.9 Å². The van der Waals surface area contributed by atoms with Gasteiger partial charge in [0.2, 0.25) is 0 Å². The van der Waals surface area contributed by atoms with Crippen LogP contribution in [0.4, 0.5) is 0 Å². The minimum atomic E-state index is -0.763. The van der Waals surface area contributed by atoms with Gasteiger partial charge in [0.15, 0.2) is 6.10 Å². The average Bonchev–Trinajstić information content (AvgIpc) is 3.48. The molecule has 0 aliphatic carbocycles. The zero-order chi connectivity index (χ0) is 59.2. The first kappa shape index (κ1) is 80.4. The largest absolute Gasteiger partial charge is 0.462 e. The van der Waals surface area contributed by atoms with Crippen molar-refractivity contribution in [1.29, 1.82) is 0 Å². The van der Waals surface area contributed by atoms with E-state index in [0.29, 0.717) is 19.3 Å². The molecule has 0 heterocycles. The maximum atomic E-state index is 12.9. The SMILES string of the molecule is CCCCCCCCCCCCCCCCCCCCCCCCCCCCCCCCCCC(=O)OCC(COC(=O)CCCCCCCCCCCCCCCCCC)OC(=O)CCCCCCCCCCCCCCCCCC. The van der Waals surface area contributed by atoms with Crippen molar-refractivity contribution in [2.45, 2.75) is 457 Å². The van der Waals surface area contributed by atoms with Crippen LogP contribution in [0.2, 0.25) is 0 Å². The molecule has 0 aliphatic rings. The van der Waals surface area contributed by atoms with Gasteiger partial charge in [-0.2, -0.15) is 0 Å². The smallest absolute Gasteiger partial charge is 0.306 e. The third-order valence-electron chi connectivity index (χ3n) is 17.9. The molecule has 0 aromatic heterocycles. The zero-order valence-electron chi connectivity index (χ0n) is 56.3. The van der Waals surface area contributed by atoms with E-state index in [9.17, 15) is 14.4 Å². The van der Waals surface area contributed by atoms with Crippen molar-refractivity contribution in [1.82, 2.24) is 0 Å². The summed E-state index contributed by atoms with van der Waals surface area (Å²) >= 11 is 0. The Balaban J connectivity index is 4.10. The average molecular weight is 1160 g/mol. The monoisotopic (exact) mass is 1160 g/mol. The van der Waals surface area contributed by atoms with Gasteiger partial charge in [0.1, 0.15) is 13.2 Å². The molecular formula is C76H148O6. The van der Waals surface area contributed by atoms with Crippen molar-refractivity contribution < 1.29 is 28.6 Å². The quantitative estimate of drug-likeness (QED) is 0.0343. The van der Waals surface area contributed by atoms with E-state index in [0.717, 1.165) is 57.8 Å². The van der Waals surface area contributed by atoms with Gasteiger partial charge in [-0.25, -0.2) is 0 Å². The van der Waals surface area contributed by atoms with E-state index in [2.05, 4.69) is 20.8 Å². The lowest BCUT2D eigenvalue weighted by Gasteiger charge is -2.18. The molecule has 0 bridgehead atoms. The lowest BCUT2D eigenvalue weighted by Crippen LogP contribution is -2.30. The second kappa shape index (κ2) is 71.9. The molecule has 488 valence electrons. The van der Waals surface area contributed by atoms with E-state index in [-0.39, 0.29) is 31.1 Å². The number of carbonyl (C=O) groups excluding carboxylic acids is 3. The van der Waals surface area contributed by atoms with Crippen LogP contribution in [0.1, 0.15) is 451 Å². The molecule has 1 atom stereocenters. The van der Waals surface area contributed by atoms with E-state index in [1.807, 2.05) is 0 Å². The van der Waals surface area contributed by atoms with E-state index in [4.69, 9.17) is 14.2 Å². The van der Waals surface area contributed by atoms with Gasteiger partial charge in [0.05, 0.1) is 0 Å². The number of rotatable bonds is 72. The Kier molecular flexibility index (Phi) is 70.5. The lowest BCUT2D eigenvalue weighted by atomic mass is 10.0. The van der Waals surface area contributed by atoms with Gasteiger partial charge >= 0.3 is 17.9 Å². The fourth-order valence-electron chi connectivity index (χ4n) is 12.2. The number of esters is 3. The van der Waals surface area contributed by atoms with Gasteiger partial charge in [-0.3, -0.25) is 14.4 Å². The van der Waals surface area contributed by atoms with Crippen molar-refractivity contribution in [3.63, 3.8) is 0 Å². The Morgan fingerprint density at radius 1 is 0.195 bits per heavy atom. The van der Waals surface area contributed by atoms with Crippen LogP contribution in [-0.4, -0.2) is 37.2 Å². The molecule has 1 unspecified atom stereocenters. The highest BCUT2D eigenvalue weighted by molar-refractivity contribution is 5.71. The molecule has 6 heteroatoms. The summed E-state index contributed by atoms with van der Waals surface area (Å²) in [7, 11) is 0. The van der Waals surface area contributed by atoms with Crippen molar-refractivity contribution in [3.05, 3.63) is 0 Å². The highest BCUT2D eigenvalue weighted by Crippen LogP contribution is 2.20. The van der Waals surface area contributed by atoms with Gasteiger partial charge in [-0.05, 0) is 19.3 Å². The summed E-state index contributed by atoms with van der Waals surface area (Å²) in [5, 5.41) is 0. The zero-order valence-corrected chi connectivity index (χ0v) is 56.3. The number of carbonyl (C=O) groups is 3. The van der Waals surface area contributed by atoms with Crippen LogP contribution in [-0.2, 0) is 28.6 Å². The summed E-state index contributed by atoms with van der Waals surface area (Å²) < 4.78 is 17.0. The summed E-state index contributed by atoms with van der Waals surface area (Å²) in [5.41, 5.74) is 0. The van der Waals surface area contributed by atoms with Gasteiger partial charge in [0.25, 0.3) is 0 Å². The van der Waals surface area contributed by atoms with E-state index < -0.39 is 6.10 Å².